The van der Waals surface area contributed by atoms with Crippen molar-refractivity contribution in [3.8, 4) is 6.07 Å². The highest BCUT2D eigenvalue weighted by Crippen LogP contribution is 2.21. The fraction of sp³-hybridized carbons (Fsp3) is 0.500. The Morgan fingerprint density at radius 3 is 2.65 bits per heavy atom. The monoisotopic (exact) mass is 232 g/mol. The molecule has 1 aromatic rings. The quantitative estimate of drug-likeness (QED) is 0.678. The van der Waals surface area contributed by atoms with Gasteiger partial charge in [-0.3, -0.25) is 4.90 Å². The van der Waals surface area contributed by atoms with Crippen LogP contribution in [0.3, 0.4) is 0 Å². The van der Waals surface area contributed by atoms with Crippen molar-refractivity contribution in [1.82, 2.24) is 4.90 Å². The van der Waals surface area contributed by atoms with Crippen LogP contribution in [-0.2, 0) is 4.74 Å². The van der Waals surface area contributed by atoms with Gasteiger partial charge >= 0.3 is 0 Å². The van der Waals surface area contributed by atoms with Gasteiger partial charge in [-0.1, -0.05) is 30.3 Å². The zero-order valence-electron chi connectivity index (χ0n) is 10.6. The molecule has 0 aromatic heterocycles. The standard InChI is InChI=1S/C14H20N2O/c1-3-17-12-11-16(2)14(9-10-15)13-7-5-4-6-8-13/h4-8,14H,3,9,11-12H2,1-2H3. The van der Waals surface area contributed by atoms with Crippen LogP contribution in [0.5, 0.6) is 0 Å². The number of rotatable bonds is 7. The average Bonchev–Trinajstić information content (AvgIpc) is 2.37. The van der Waals surface area contributed by atoms with Gasteiger partial charge in [0.25, 0.3) is 0 Å². The number of hydrogen-bond acceptors (Lipinski definition) is 3. The molecule has 0 amide bonds. The van der Waals surface area contributed by atoms with Crippen molar-refractivity contribution in [3.05, 3.63) is 35.9 Å². The fourth-order valence-electron chi connectivity index (χ4n) is 1.80. The highest BCUT2D eigenvalue weighted by Gasteiger charge is 2.15. The Labute approximate surface area is 104 Å². The first-order valence-corrected chi connectivity index (χ1v) is 5.99. The van der Waals surface area contributed by atoms with Crippen molar-refractivity contribution in [3.63, 3.8) is 0 Å². The molecule has 0 saturated carbocycles. The average molecular weight is 232 g/mol. The molecule has 0 bridgehead atoms. The van der Waals surface area contributed by atoms with Gasteiger partial charge in [0.1, 0.15) is 0 Å². The van der Waals surface area contributed by atoms with Gasteiger partial charge in [-0.05, 0) is 19.5 Å². The van der Waals surface area contributed by atoms with Gasteiger partial charge in [-0.2, -0.15) is 5.26 Å². The molecule has 92 valence electrons. The molecule has 1 unspecified atom stereocenters. The highest BCUT2D eigenvalue weighted by atomic mass is 16.5. The molecule has 0 N–H and O–H groups in total. The van der Waals surface area contributed by atoms with E-state index in [1.165, 1.54) is 5.56 Å². The third-order valence-electron chi connectivity index (χ3n) is 2.79. The molecule has 3 nitrogen and oxygen atoms in total. The van der Waals surface area contributed by atoms with Gasteiger partial charge in [0.05, 0.1) is 19.1 Å². The molecule has 0 saturated heterocycles. The summed E-state index contributed by atoms with van der Waals surface area (Å²) in [5.74, 6) is 0. The Morgan fingerprint density at radius 1 is 1.35 bits per heavy atom. The van der Waals surface area contributed by atoms with Gasteiger partial charge in [0.2, 0.25) is 0 Å². The smallest absolute Gasteiger partial charge is 0.0641 e. The van der Waals surface area contributed by atoms with Gasteiger partial charge in [0.15, 0.2) is 0 Å². The van der Waals surface area contributed by atoms with Crippen LogP contribution in [0.15, 0.2) is 30.3 Å². The third-order valence-corrected chi connectivity index (χ3v) is 2.79. The number of ether oxygens (including phenoxy) is 1. The maximum atomic E-state index is 8.91. The minimum absolute atomic E-state index is 0.154. The van der Waals surface area contributed by atoms with Crippen molar-refractivity contribution < 1.29 is 4.74 Å². The number of benzene rings is 1. The van der Waals surface area contributed by atoms with E-state index in [4.69, 9.17) is 10.00 Å². The Morgan fingerprint density at radius 2 is 2.06 bits per heavy atom. The van der Waals surface area contributed by atoms with E-state index in [0.29, 0.717) is 13.0 Å². The molecule has 0 radical (unpaired) electrons. The van der Waals surface area contributed by atoms with Gasteiger partial charge in [-0.25, -0.2) is 0 Å². The third kappa shape index (κ3) is 4.56. The van der Waals surface area contributed by atoms with Crippen LogP contribution in [0.4, 0.5) is 0 Å². The Balaban J connectivity index is 2.62. The molecule has 0 aliphatic carbocycles. The SMILES string of the molecule is CCOCCN(C)C(CC#N)c1ccccc1. The molecule has 3 heteroatoms. The molecule has 0 spiro atoms. The van der Waals surface area contributed by atoms with Crippen molar-refractivity contribution in [1.29, 1.82) is 5.26 Å². The Hall–Kier alpha value is -1.37. The summed E-state index contributed by atoms with van der Waals surface area (Å²) in [6.45, 7) is 4.28. The van der Waals surface area contributed by atoms with Crippen LogP contribution < -0.4 is 0 Å². The molecule has 0 fully saturated rings. The highest BCUT2D eigenvalue weighted by molar-refractivity contribution is 5.19. The maximum absolute atomic E-state index is 8.91. The van der Waals surface area contributed by atoms with Crippen LogP contribution in [0, 0.1) is 11.3 Å². The largest absolute Gasteiger partial charge is 0.380 e. The minimum Gasteiger partial charge on any atom is -0.380 e. The first kappa shape index (κ1) is 13.7. The second kappa shape index (κ2) is 7.83. The molecule has 0 aliphatic rings. The second-order valence-corrected chi connectivity index (χ2v) is 3.97. The van der Waals surface area contributed by atoms with E-state index < -0.39 is 0 Å². The molecular weight excluding hydrogens is 212 g/mol. The maximum Gasteiger partial charge on any atom is 0.0641 e. The van der Waals surface area contributed by atoms with Crippen LogP contribution in [0.25, 0.3) is 0 Å². The van der Waals surface area contributed by atoms with Crippen LogP contribution in [0.2, 0.25) is 0 Å². The summed E-state index contributed by atoms with van der Waals surface area (Å²) in [7, 11) is 2.04. The minimum atomic E-state index is 0.154. The predicted octanol–water partition coefficient (Wildman–Crippen LogP) is 2.61. The summed E-state index contributed by atoms with van der Waals surface area (Å²) in [5, 5.41) is 8.91. The normalized spacial score (nSPS) is 12.4. The lowest BCUT2D eigenvalue weighted by atomic mass is 10.0. The first-order chi connectivity index (χ1) is 8.29. The number of hydrogen-bond donors (Lipinski definition) is 0. The first-order valence-electron chi connectivity index (χ1n) is 5.99. The molecule has 17 heavy (non-hydrogen) atoms. The second-order valence-electron chi connectivity index (χ2n) is 3.97. The summed E-state index contributed by atoms with van der Waals surface area (Å²) in [6.07, 6.45) is 0.507. The van der Waals surface area contributed by atoms with E-state index in [2.05, 4.69) is 23.1 Å². The lowest BCUT2D eigenvalue weighted by Crippen LogP contribution is -2.28. The van der Waals surface area contributed by atoms with Crippen molar-refractivity contribution in [2.45, 2.75) is 19.4 Å². The topological polar surface area (TPSA) is 36.3 Å². The number of likely N-dealkylation sites (N-methyl/N-ethyl adjacent to an activating group) is 1. The van der Waals surface area contributed by atoms with E-state index in [1.54, 1.807) is 0 Å². The van der Waals surface area contributed by atoms with Crippen LogP contribution >= 0.6 is 0 Å². The lowest BCUT2D eigenvalue weighted by Gasteiger charge is -2.26. The molecule has 1 aromatic carbocycles. The number of nitriles is 1. The van der Waals surface area contributed by atoms with E-state index >= 15 is 0 Å². The number of nitrogens with zero attached hydrogens (tertiary/aromatic N) is 2. The predicted molar refractivity (Wildman–Crippen MR) is 68.5 cm³/mol. The van der Waals surface area contributed by atoms with Gasteiger partial charge < -0.3 is 4.74 Å². The van der Waals surface area contributed by atoms with E-state index in [9.17, 15) is 0 Å². The Bertz CT molecular complexity index is 345. The van der Waals surface area contributed by atoms with E-state index in [1.807, 2.05) is 32.2 Å². The lowest BCUT2D eigenvalue weighted by molar-refractivity contribution is 0.108. The molecule has 0 aliphatic heterocycles. The molecular formula is C14H20N2O. The van der Waals surface area contributed by atoms with Crippen molar-refractivity contribution in [2.75, 3.05) is 26.8 Å². The Kier molecular flexibility index (Phi) is 6.31. The van der Waals surface area contributed by atoms with Gasteiger partial charge in [-0.15, -0.1) is 0 Å². The van der Waals surface area contributed by atoms with Crippen LogP contribution in [-0.4, -0.2) is 31.7 Å². The fourth-order valence-corrected chi connectivity index (χ4v) is 1.80. The van der Waals surface area contributed by atoms with E-state index in [0.717, 1.165) is 13.2 Å². The van der Waals surface area contributed by atoms with Crippen molar-refractivity contribution >= 4 is 0 Å². The van der Waals surface area contributed by atoms with Gasteiger partial charge in [0, 0.05) is 19.2 Å². The van der Waals surface area contributed by atoms with Crippen LogP contribution in [0.1, 0.15) is 24.9 Å². The van der Waals surface area contributed by atoms with Crippen molar-refractivity contribution in [2.24, 2.45) is 0 Å². The summed E-state index contributed by atoms with van der Waals surface area (Å²) >= 11 is 0. The zero-order valence-corrected chi connectivity index (χ0v) is 10.6. The summed E-state index contributed by atoms with van der Waals surface area (Å²) in [6, 6.07) is 12.6. The van der Waals surface area contributed by atoms with E-state index in [-0.39, 0.29) is 6.04 Å². The molecule has 0 heterocycles. The zero-order chi connectivity index (χ0) is 12.5. The summed E-state index contributed by atoms with van der Waals surface area (Å²) < 4.78 is 5.34. The summed E-state index contributed by atoms with van der Waals surface area (Å²) in [4.78, 5) is 2.17. The molecule has 1 atom stereocenters. The summed E-state index contributed by atoms with van der Waals surface area (Å²) in [5.41, 5.74) is 1.19. The molecule has 1 rings (SSSR count).